The molecule has 1 aliphatic carbocycles. The molecule has 2 unspecified atom stereocenters. The number of ether oxygens (including phenoxy) is 2. The number of aromatic nitrogens is 2. The first-order valence-corrected chi connectivity index (χ1v) is 14.5. The van der Waals surface area contributed by atoms with Crippen LogP contribution in [0.3, 0.4) is 0 Å². The van der Waals surface area contributed by atoms with Crippen LogP contribution in [0.4, 0.5) is 5.13 Å². The van der Waals surface area contributed by atoms with Gasteiger partial charge < -0.3 is 24.0 Å². The summed E-state index contributed by atoms with van der Waals surface area (Å²) in [6, 6.07) is 12.3. The number of aryl methyl sites for hydroxylation is 1. The maximum absolute atomic E-state index is 11.6. The number of carbonyl (C=O) groups is 1. The van der Waals surface area contributed by atoms with E-state index in [0.29, 0.717) is 30.4 Å². The summed E-state index contributed by atoms with van der Waals surface area (Å²) in [5, 5.41) is 14.9. The lowest BCUT2D eigenvalue weighted by Gasteiger charge is -2.38. The standard InChI is InChI=1S/C30H31N3O5S/c1-16-5-3-4-6-22(16)26-23(28(38-32-26)17-7-8-17)15-37-21-13-19-9-10-20(14-21)33(19)30-31-27-24(36-2)11-18(29(34)35)12-25(27)39-30/h3-6,11-12,17,19-21H,7-10,13-15H2,1-2H3,(H,34,35)/t19-,20?,21?/m0/s1. The molecule has 0 amide bonds. The van der Waals surface area contributed by atoms with Crippen molar-refractivity contribution in [3.63, 3.8) is 0 Å². The number of aromatic carboxylic acids is 1. The number of hydrogen-bond acceptors (Lipinski definition) is 8. The lowest BCUT2D eigenvalue weighted by molar-refractivity contribution is 0.0147. The highest BCUT2D eigenvalue weighted by Crippen LogP contribution is 2.46. The Bertz CT molecular complexity index is 1540. The van der Waals surface area contributed by atoms with Crippen LogP contribution in [0.2, 0.25) is 0 Å². The normalized spacial score (nSPS) is 22.5. The molecule has 3 fully saturated rings. The van der Waals surface area contributed by atoms with Crippen LogP contribution >= 0.6 is 11.3 Å². The molecule has 2 bridgehead atoms. The fourth-order valence-corrected chi connectivity index (χ4v) is 7.50. The van der Waals surface area contributed by atoms with Gasteiger partial charge in [-0.05, 0) is 63.1 Å². The zero-order valence-corrected chi connectivity index (χ0v) is 22.9. The summed E-state index contributed by atoms with van der Waals surface area (Å²) in [4.78, 5) is 19.0. The number of carboxylic acid groups (broad SMARTS) is 1. The van der Waals surface area contributed by atoms with Crippen molar-refractivity contribution >= 4 is 32.7 Å². The highest BCUT2D eigenvalue weighted by atomic mass is 32.1. The van der Waals surface area contributed by atoms with Crippen molar-refractivity contribution in [1.29, 1.82) is 0 Å². The Kier molecular flexibility index (Phi) is 6.08. The first kappa shape index (κ1) is 24.6. The third-order valence-corrected chi connectivity index (χ3v) is 9.47. The van der Waals surface area contributed by atoms with E-state index in [4.69, 9.17) is 19.0 Å². The number of anilines is 1. The molecule has 0 spiro atoms. The average molecular weight is 546 g/mol. The van der Waals surface area contributed by atoms with Crippen molar-refractivity contribution in [2.75, 3.05) is 12.0 Å². The number of carboxylic acids is 1. The predicted molar refractivity (Wildman–Crippen MR) is 149 cm³/mol. The molecule has 3 atom stereocenters. The molecule has 7 rings (SSSR count). The van der Waals surface area contributed by atoms with E-state index < -0.39 is 5.97 Å². The van der Waals surface area contributed by atoms with Gasteiger partial charge in [-0.3, -0.25) is 0 Å². The van der Waals surface area contributed by atoms with Gasteiger partial charge in [-0.1, -0.05) is 40.8 Å². The zero-order chi connectivity index (χ0) is 26.7. The maximum Gasteiger partial charge on any atom is 0.335 e. The van der Waals surface area contributed by atoms with Crippen molar-refractivity contribution in [1.82, 2.24) is 10.1 Å². The second-order valence-electron chi connectivity index (χ2n) is 11.0. The number of hydrogen-bond donors (Lipinski definition) is 1. The van der Waals surface area contributed by atoms with E-state index >= 15 is 0 Å². The summed E-state index contributed by atoms with van der Waals surface area (Å²) in [7, 11) is 1.56. The molecule has 0 radical (unpaired) electrons. The summed E-state index contributed by atoms with van der Waals surface area (Å²) in [6.07, 6.45) is 6.55. The fraction of sp³-hybridized carbons (Fsp3) is 0.433. The molecule has 2 saturated heterocycles. The van der Waals surface area contributed by atoms with E-state index in [1.54, 1.807) is 30.6 Å². The number of fused-ring (bicyclic) bond motifs is 3. The Balaban J connectivity index is 1.11. The highest BCUT2D eigenvalue weighted by Gasteiger charge is 2.43. The average Bonchev–Trinajstić information content (AvgIpc) is 3.45. The van der Waals surface area contributed by atoms with Gasteiger partial charge in [0.1, 0.15) is 22.7 Å². The van der Waals surface area contributed by atoms with Gasteiger partial charge in [0, 0.05) is 29.1 Å². The van der Waals surface area contributed by atoms with Crippen LogP contribution in [-0.4, -0.2) is 46.5 Å². The monoisotopic (exact) mass is 545 g/mol. The molecule has 2 aliphatic heterocycles. The van der Waals surface area contributed by atoms with Crippen LogP contribution in [0.1, 0.15) is 71.7 Å². The van der Waals surface area contributed by atoms with Gasteiger partial charge in [-0.15, -0.1) is 0 Å². The molecule has 8 nitrogen and oxygen atoms in total. The summed E-state index contributed by atoms with van der Waals surface area (Å²) < 4.78 is 18.8. The van der Waals surface area contributed by atoms with Gasteiger partial charge in [0.25, 0.3) is 0 Å². The minimum Gasteiger partial charge on any atom is -0.494 e. The Morgan fingerprint density at radius 3 is 2.62 bits per heavy atom. The smallest absolute Gasteiger partial charge is 0.335 e. The van der Waals surface area contributed by atoms with E-state index in [1.807, 2.05) is 12.1 Å². The predicted octanol–water partition coefficient (Wildman–Crippen LogP) is 6.56. The minimum atomic E-state index is -0.966. The number of piperidine rings is 1. The second-order valence-corrected chi connectivity index (χ2v) is 12.0. The molecule has 2 aromatic carbocycles. The Hall–Kier alpha value is -3.43. The first-order chi connectivity index (χ1) is 19.0. The van der Waals surface area contributed by atoms with E-state index in [9.17, 15) is 9.90 Å². The van der Waals surface area contributed by atoms with Crippen molar-refractivity contribution in [3.05, 3.63) is 58.8 Å². The van der Waals surface area contributed by atoms with Crippen molar-refractivity contribution < 1.29 is 23.9 Å². The van der Waals surface area contributed by atoms with Crippen molar-refractivity contribution in [3.8, 4) is 17.0 Å². The Labute approximate surface area is 230 Å². The van der Waals surface area contributed by atoms with E-state index in [0.717, 1.165) is 76.5 Å². The van der Waals surface area contributed by atoms with Crippen molar-refractivity contribution in [2.45, 2.75) is 76.2 Å². The van der Waals surface area contributed by atoms with Gasteiger partial charge in [0.05, 0.1) is 30.1 Å². The largest absolute Gasteiger partial charge is 0.494 e. The number of benzene rings is 2. The summed E-state index contributed by atoms with van der Waals surface area (Å²) in [6.45, 7) is 2.62. The molecule has 3 aliphatic rings. The number of thiazole rings is 1. The van der Waals surface area contributed by atoms with Crippen LogP contribution < -0.4 is 9.64 Å². The molecule has 1 N–H and O–H groups in total. The molecular weight excluding hydrogens is 514 g/mol. The Morgan fingerprint density at radius 2 is 1.92 bits per heavy atom. The molecule has 1 saturated carbocycles. The molecule has 39 heavy (non-hydrogen) atoms. The van der Waals surface area contributed by atoms with Crippen LogP contribution in [0.5, 0.6) is 5.75 Å². The van der Waals surface area contributed by atoms with Crippen LogP contribution in [0.25, 0.3) is 21.5 Å². The van der Waals surface area contributed by atoms with E-state index in [-0.39, 0.29) is 11.7 Å². The lowest BCUT2D eigenvalue weighted by atomic mass is 9.99. The van der Waals surface area contributed by atoms with Gasteiger partial charge in [0.2, 0.25) is 0 Å². The highest BCUT2D eigenvalue weighted by molar-refractivity contribution is 7.22. The molecule has 9 heteroatoms. The third kappa shape index (κ3) is 4.37. The quantitative estimate of drug-likeness (QED) is 0.266. The number of methoxy groups -OCH3 is 1. The summed E-state index contributed by atoms with van der Waals surface area (Å²) >= 11 is 1.55. The molecule has 202 valence electrons. The van der Waals surface area contributed by atoms with Gasteiger partial charge in [0.15, 0.2) is 5.13 Å². The van der Waals surface area contributed by atoms with Crippen molar-refractivity contribution in [2.24, 2.45) is 0 Å². The molecule has 4 heterocycles. The van der Waals surface area contributed by atoms with E-state index in [1.165, 1.54) is 5.56 Å². The zero-order valence-electron chi connectivity index (χ0n) is 22.1. The van der Waals surface area contributed by atoms with Crippen LogP contribution in [-0.2, 0) is 11.3 Å². The lowest BCUT2D eigenvalue weighted by Crippen LogP contribution is -2.45. The summed E-state index contributed by atoms with van der Waals surface area (Å²) in [5.41, 5.74) is 5.26. The molecular formula is C30H31N3O5S. The van der Waals surface area contributed by atoms with Crippen LogP contribution in [0.15, 0.2) is 40.9 Å². The fourth-order valence-electron chi connectivity index (χ4n) is 6.33. The number of rotatable bonds is 8. The Morgan fingerprint density at radius 1 is 1.15 bits per heavy atom. The van der Waals surface area contributed by atoms with Gasteiger partial charge >= 0.3 is 5.97 Å². The van der Waals surface area contributed by atoms with E-state index in [2.05, 4.69) is 29.1 Å². The third-order valence-electron chi connectivity index (χ3n) is 8.46. The minimum absolute atomic E-state index is 0.160. The first-order valence-electron chi connectivity index (χ1n) is 13.7. The second kappa shape index (κ2) is 9.64. The molecule has 2 aromatic heterocycles. The number of nitrogens with zero attached hydrogens (tertiary/aromatic N) is 3. The molecule has 4 aromatic rings. The van der Waals surface area contributed by atoms with Gasteiger partial charge in [-0.2, -0.15) is 0 Å². The SMILES string of the molecule is COc1cc(C(=O)O)cc2sc(N3C4CC[C@H]3CC(OCc3c(-c5ccccc5C)noc3C3CC3)C4)nc12. The topological polar surface area (TPSA) is 97.9 Å². The van der Waals surface area contributed by atoms with Gasteiger partial charge in [-0.25, -0.2) is 9.78 Å². The summed E-state index contributed by atoms with van der Waals surface area (Å²) in [5.74, 6) is 0.997. The maximum atomic E-state index is 11.6. The van der Waals surface area contributed by atoms with Crippen LogP contribution in [0, 0.1) is 6.92 Å².